The summed E-state index contributed by atoms with van der Waals surface area (Å²) in [5, 5.41) is 0. The van der Waals surface area contributed by atoms with Gasteiger partial charge < -0.3 is 14.5 Å². The lowest BCUT2D eigenvalue weighted by molar-refractivity contribution is -0.118. The van der Waals surface area contributed by atoms with Gasteiger partial charge in [0, 0.05) is 41.2 Å². The standard InChI is InChI=1S/C29H28F2N2O3S/c1-36-26-16-20(5-9-24(26)31)28(35)32-13-11-29(12-14-32)18-33(25-10-6-21(30)17-23(25)29)27(34)15-19-3-7-22(37-2)8-4-19/h3-10,16-17H,11-15,18H2,1-2H3. The fraction of sp³-hybridized carbons (Fsp3) is 0.310. The molecule has 192 valence electrons. The Kier molecular flexibility index (Phi) is 6.94. The number of nitrogens with zero attached hydrogens (tertiary/aromatic N) is 2. The Labute approximate surface area is 219 Å². The zero-order valence-corrected chi connectivity index (χ0v) is 21.6. The molecule has 0 bridgehead atoms. The molecule has 0 unspecified atom stereocenters. The molecule has 8 heteroatoms. The molecule has 1 spiro atoms. The highest BCUT2D eigenvalue weighted by Gasteiger charge is 2.47. The lowest BCUT2D eigenvalue weighted by atomic mass is 9.74. The summed E-state index contributed by atoms with van der Waals surface area (Å²) in [6.45, 7) is 1.36. The number of fused-ring (bicyclic) bond motifs is 2. The average molecular weight is 523 g/mol. The number of carbonyl (C=O) groups excluding carboxylic acids is 2. The van der Waals surface area contributed by atoms with E-state index >= 15 is 0 Å². The number of methoxy groups -OCH3 is 1. The number of piperidine rings is 1. The van der Waals surface area contributed by atoms with Crippen molar-refractivity contribution in [2.75, 3.05) is 37.9 Å². The summed E-state index contributed by atoms with van der Waals surface area (Å²) in [4.78, 5) is 31.2. The van der Waals surface area contributed by atoms with Crippen LogP contribution in [0.3, 0.4) is 0 Å². The van der Waals surface area contributed by atoms with Gasteiger partial charge in [-0.05, 0) is 78.8 Å². The first-order valence-electron chi connectivity index (χ1n) is 12.2. The van der Waals surface area contributed by atoms with Crippen LogP contribution in [0.15, 0.2) is 65.6 Å². The third kappa shape index (κ3) is 4.82. The molecule has 37 heavy (non-hydrogen) atoms. The molecule has 2 heterocycles. The van der Waals surface area contributed by atoms with Crippen LogP contribution in [0.25, 0.3) is 0 Å². The van der Waals surface area contributed by atoms with Crippen LogP contribution in [0.4, 0.5) is 14.5 Å². The molecule has 3 aromatic carbocycles. The summed E-state index contributed by atoms with van der Waals surface area (Å²) < 4.78 is 33.2. The van der Waals surface area contributed by atoms with Crippen LogP contribution >= 0.6 is 11.8 Å². The van der Waals surface area contributed by atoms with Gasteiger partial charge in [0.15, 0.2) is 11.6 Å². The van der Waals surface area contributed by atoms with Gasteiger partial charge in [-0.2, -0.15) is 0 Å². The molecule has 0 aromatic heterocycles. The number of amides is 2. The number of rotatable bonds is 5. The molecule has 0 radical (unpaired) electrons. The molecule has 0 N–H and O–H groups in total. The monoisotopic (exact) mass is 522 g/mol. The first-order valence-corrected chi connectivity index (χ1v) is 13.4. The minimum absolute atomic E-state index is 0.0248. The molecule has 5 nitrogen and oxygen atoms in total. The molecule has 2 amide bonds. The fourth-order valence-electron chi connectivity index (χ4n) is 5.42. The summed E-state index contributed by atoms with van der Waals surface area (Å²) in [7, 11) is 1.36. The van der Waals surface area contributed by atoms with E-state index in [1.54, 1.807) is 27.6 Å². The maximum Gasteiger partial charge on any atom is 0.253 e. The summed E-state index contributed by atoms with van der Waals surface area (Å²) in [6.07, 6.45) is 3.47. The lowest BCUT2D eigenvalue weighted by Crippen LogP contribution is -2.48. The Hall–Kier alpha value is -3.39. The normalized spacial score (nSPS) is 16.1. The highest BCUT2D eigenvalue weighted by Crippen LogP contribution is 2.47. The number of hydrogen-bond donors (Lipinski definition) is 0. The first kappa shape index (κ1) is 25.3. The summed E-state index contributed by atoms with van der Waals surface area (Å²) in [6, 6.07) is 16.7. The van der Waals surface area contributed by atoms with Gasteiger partial charge in [-0.15, -0.1) is 11.8 Å². The van der Waals surface area contributed by atoms with Crippen LogP contribution in [-0.4, -0.2) is 49.7 Å². The molecule has 0 atom stereocenters. The minimum Gasteiger partial charge on any atom is -0.494 e. The summed E-state index contributed by atoms with van der Waals surface area (Å²) in [5.41, 5.74) is 2.44. The molecule has 0 aliphatic carbocycles. The molecular weight excluding hydrogens is 494 g/mol. The SMILES string of the molecule is COc1cc(C(=O)N2CCC3(CC2)CN(C(=O)Cc2ccc(SC)cc2)c2ccc(F)cc23)ccc1F. The van der Waals surface area contributed by atoms with Crippen molar-refractivity contribution in [1.29, 1.82) is 0 Å². The van der Waals surface area contributed by atoms with E-state index in [0.29, 0.717) is 38.0 Å². The maximum absolute atomic E-state index is 14.4. The van der Waals surface area contributed by atoms with E-state index in [1.807, 2.05) is 30.5 Å². The van der Waals surface area contributed by atoms with Crippen molar-refractivity contribution in [3.8, 4) is 5.75 Å². The zero-order chi connectivity index (χ0) is 26.2. The minimum atomic E-state index is -0.522. The zero-order valence-electron chi connectivity index (χ0n) is 20.8. The Balaban J connectivity index is 1.34. The summed E-state index contributed by atoms with van der Waals surface area (Å²) >= 11 is 1.65. The third-order valence-corrected chi connectivity index (χ3v) is 8.25. The van der Waals surface area contributed by atoms with Gasteiger partial charge in [-0.1, -0.05) is 12.1 Å². The molecule has 2 aliphatic heterocycles. The molecule has 3 aromatic rings. The van der Waals surface area contributed by atoms with E-state index in [1.165, 1.54) is 37.4 Å². The van der Waals surface area contributed by atoms with Crippen LogP contribution in [0.1, 0.15) is 34.3 Å². The van der Waals surface area contributed by atoms with Gasteiger partial charge in [-0.3, -0.25) is 9.59 Å². The average Bonchev–Trinajstić information content (AvgIpc) is 3.22. The highest BCUT2D eigenvalue weighted by molar-refractivity contribution is 7.98. The van der Waals surface area contributed by atoms with Gasteiger partial charge >= 0.3 is 0 Å². The topological polar surface area (TPSA) is 49.9 Å². The number of thioether (sulfide) groups is 1. The highest BCUT2D eigenvalue weighted by atomic mass is 32.2. The van der Waals surface area contributed by atoms with Gasteiger partial charge in [0.1, 0.15) is 5.82 Å². The van der Waals surface area contributed by atoms with E-state index in [2.05, 4.69) is 0 Å². The fourth-order valence-corrected chi connectivity index (χ4v) is 5.83. The van der Waals surface area contributed by atoms with Crippen LogP contribution in [0.2, 0.25) is 0 Å². The van der Waals surface area contributed by atoms with E-state index in [0.717, 1.165) is 21.7 Å². The van der Waals surface area contributed by atoms with Crippen molar-refractivity contribution in [1.82, 2.24) is 4.90 Å². The number of ether oxygens (including phenoxy) is 1. The van der Waals surface area contributed by atoms with Crippen molar-refractivity contribution in [3.63, 3.8) is 0 Å². The van der Waals surface area contributed by atoms with Crippen LogP contribution in [0, 0.1) is 11.6 Å². The smallest absolute Gasteiger partial charge is 0.253 e. The third-order valence-electron chi connectivity index (χ3n) is 7.50. The Bertz CT molecular complexity index is 1340. The van der Waals surface area contributed by atoms with Crippen molar-refractivity contribution in [3.05, 3.63) is 89.0 Å². The van der Waals surface area contributed by atoms with E-state index in [4.69, 9.17) is 4.74 Å². The molecule has 0 saturated carbocycles. The van der Waals surface area contributed by atoms with Gasteiger partial charge in [0.05, 0.1) is 13.5 Å². The van der Waals surface area contributed by atoms with Gasteiger partial charge in [0.2, 0.25) is 5.91 Å². The lowest BCUT2D eigenvalue weighted by Gasteiger charge is -2.40. The number of anilines is 1. The van der Waals surface area contributed by atoms with Crippen molar-refractivity contribution in [2.24, 2.45) is 0 Å². The second kappa shape index (κ2) is 10.2. The van der Waals surface area contributed by atoms with Crippen LogP contribution < -0.4 is 9.64 Å². The second-order valence-electron chi connectivity index (χ2n) is 9.59. The van der Waals surface area contributed by atoms with Crippen molar-refractivity contribution < 1.29 is 23.1 Å². The van der Waals surface area contributed by atoms with Crippen LogP contribution in [-0.2, 0) is 16.6 Å². The second-order valence-corrected chi connectivity index (χ2v) is 10.5. The molecule has 1 fully saturated rings. The largest absolute Gasteiger partial charge is 0.494 e. The predicted molar refractivity (Wildman–Crippen MR) is 140 cm³/mol. The number of hydrogen-bond acceptors (Lipinski definition) is 4. The Morgan fingerprint density at radius 3 is 2.41 bits per heavy atom. The Morgan fingerprint density at radius 1 is 1.00 bits per heavy atom. The number of likely N-dealkylation sites (tertiary alicyclic amines) is 1. The molecule has 5 rings (SSSR count). The van der Waals surface area contributed by atoms with Crippen molar-refractivity contribution >= 4 is 29.3 Å². The van der Waals surface area contributed by atoms with E-state index in [9.17, 15) is 18.4 Å². The predicted octanol–water partition coefficient (Wildman–Crippen LogP) is 5.46. The molecule has 1 saturated heterocycles. The Morgan fingerprint density at radius 2 is 1.73 bits per heavy atom. The molecular formula is C29H28F2N2O3S. The van der Waals surface area contributed by atoms with E-state index < -0.39 is 11.2 Å². The van der Waals surface area contributed by atoms with Crippen LogP contribution in [0.5, 0.6) is 5.75 Å². The van der Waals surface area contributed by atoms with Gasteiger partial charge in [0.25, 0.3) is 5.91 Å². The first-order chi connectivity index (χ1) is 17.8. The van der Waals surface area contributed by atoms with Gasteiger partial charge in [-0.25, -0.2) is 8.78 Å². The maximum atomic E-state index is 14.4. The van der Waals surface area contributed by atoms with E-state index in [-0.39, 0.29) is 29.8 Å². The number of carbonyl (C=O) groups is 2. The van der Waals surface area contributed by atoms with Crippen molar-refractivity contribution in [2.45, 2.75) is 29.6 Å². The molecule has 2 aliphatic rings. The number of halogens is 2. The summed E-state index contributed by atoms with van der Waals surface area (Å²) in [5.74, 6) is -1.06. The quantitative estimate of drug-likeness (QED) is 0.418. The number of benzene rings is 3.